The number of carbonyl (C=O) groups is 2. The zero-order valence-electron chi connectivity index (χ0n) is 58.9. The monoisotopic (exact) mass is 1440 g/mol. The summed E-state index contributed by atoms with van der Waals surface area (Å²) in [6.45, 7) is 16.8. The highest BCUT2D eigenvalue weighted by molar-refractivity contribution is 8.00. The Hall–Kier alpha value is -2.42. The number of Topliss-reactive ketones (excluding diaryl/α,β-unsaturated/α-hetero) is 1. The molecule has 0 aliphatic rings. The summed E-state index contributed by atoms with van der Waals surface area (Å²) in [5.74, 6) is 0.433. The molecule has 1 amide bonds. The first kappa shape index (κ1) is 95.8. The molecule has 0 rings (SSSR count). The number of hydrogen-bond donors (Lipinski definition) is 2. The molecule has 0 radical (unpaired) electrons. The molecule has 0 saturated heterocycles. The predicted octanol–water partition coefficient (Wildman–Crippen LogP) is 23.3. The molecule has 15 atom stereocenters. The van der Waals surface area contributed by atoms with E-state index in [1.807, 2.05) is 56.4 Å². The van der Waals surface area contributed by atoms with Crippen molar-refractivity contribution >= 4 is 86.7 Å². The van der Waals surface area contributed by atoms with Crippen LogP contribution in [-0.4, -0.2) is 65.3 Å². The molecule has 0 saturated carbocycles. The molecule has 0 aromatic rings. The van der Waals surface area contributed by atoms with Crippen LogP contribution in [0.3, 0.4) is 0 Å². The number of nitrogens with two attached hydrogens (primary N) is 1. The fourth-order valence-electron chi connectivity index (χ4n) is 7.93. The van der Waals surface area contributed by atoms with Crippen molar-refractivity contribution in [3.05, 3.63) is 219 Å². The Bertz CT molecular complexity index is 2230. The summed E-state index contributed by atoms with van der Waals surface area (Å²) >= 11 is 1.64. The zero-order valence-corrected chi connectivity index (χ0v) is 67.5. The molecule has 15 unspecified atom stereocenters. The van der Waals surface area contributed by atoms with Crippen molar-refractivity contribution in [1.29, 1.82) is 0 Å². The molecule has 0 aliphatic carbocycles. The molecule has 94 heavy (non-hydrogen) atoms. The van der Waals surface area contributed by atoms with Crippen molar-refractivity contribution in [1.82, 2.24) is 5.32 Å². The van der Waals surface area contributed by atoms with Crippen LogP contribution in [0.25, 0.3) is 0 Å². The zero-order chi connectivity index (χ0) is 69.9. The van der Waals surface area contributed by atoms with Crippen LogP contribution in [0.4, 0.5) is 0 Å². The van der Waals surface area contributed by atoms with Crippen LogP contribution in [0.5, 0.6) is 0 Å². The molecule has 530 valence electrons. The summed E-state index contributed by atoms with van der Waals surface area (Å²) in [5.41, 5.74) is 5.80. The van der Waals surface area contributed by atoms with Crippen molar-refractivity contribution in [2.75, 3.05) is 5.75 Å². The number of nitrogens with one attached hydrogen (secondary N) is 1. The van der Waals surface area contributed by atoms with E-state index in [4.69, 9.17) is 28.4 Å². The number of rotatable bonds is 56. The molecule has 0 bridgehead atoms. The molecule has 17 heteroatoms. The summed E-state index contributed by atoms with van der Waals surface area (Å²) in [7, 11) is 13.2. The second-order valence-electron chi connectivity index (χ2n) is 21.7. The summed E-state index contributed by atoms with van der Waals surface area (Å²) in [6, 6.07) is -0.570. The van der Waals surface area contributed by atoms with E-state index in [0.717, 1.165) is 116 Å². The maximum Gasteiger partial charge on any atom is 0.220 e. The number of unbranched alkanes of at least 4 members (excludes halogenated alkanes) is 3. The topological polar surface area (TPSA) is 118 Å². The molecule has 3 N–H and O–H groups in total. The first-order chi connectivity index (χ1) is 45.9. The number of allylic oxidation sites excluding steroid dienone is 30. The van der Waals surface area contributed by atoms with Crippen LogP contribution in [0.1, 0.15) is 197 Å². The maximum atomic E-state index is 12.8. The third-order valence-corrected chi connectivity index (χ3v) is 17.4. The third kappa shape index (κ3) is 69.5. The first-order valence-electron chi connectivity index (χ1n) is 34.3. The second-order valence-corrected chi connectivity index (χ2v) is 26.1. The van der Waals surface area contributed by atoms with Gasteiger partial charge in [-0.05, 0) is 116 Å². The lowest BCUT2D eigenvalue weighted by atomic mass is 10.1. The van der Waals surface area contributed by atoms with Gasteiger partial charge in [0, 0.05) is 75.3 Å². The Labute approximate surface area is 595 Å². The van der Waals surface area contributed by atoms with E-state index in [9.17, 15) is 9.59 Å². The van der Waals surface area contributed by atoms with E-state index in [1.165, 1.54) is 6.42 Å². The van der Waals surface area contributed by atoms with Crippen LogP contribution in [0, 0.1) is 0 Å². The molecule has 0 aromatic carbocycles. The summed E-state index contributed by atoms with van der Waals surface area (Å²) in [5, 5.41) is 2.97. The number of ketones is 1. The molecule has 0 fully saturated rings. The number of thioether (sulfide) groups is 1. The van der Waals surface area contributed by atoms with E-state index in [0.29, 0.717) is 42.0 Å². The van der Waals surface area contributed by atoms with E-state index >= 15 is 0 Å². The predicted molar refractivity (Wildman–Crippen MR) is 442 cm³/mol. The highest BCUT2D eigenvalue weighted by atomic mass is 32.2. The van der Waals surface area contributed by atoms with E-state index in [2.05, 4.69) is 269 Å². The minimum atomic E-state index is -0.522. The third-order valence-electron chi connectivity index (χ3n) is 13.3. The van der Waals surface area contributed by atoms with Crippen molar-refractivity contribution in [2.24, 2.45) is 5.73 Å². The standard InChI is InChI=1S/C33H55N2O3PS.2C22H37O2P3/c1-5-8-10-11-12-13-14-15-16-17-18-19-21-24-32(31(38-39)23-20-9-6-2)40-27-29(30(36)22-7-3)35-33(37)26-25-28(4)34;2*1-3-18-22(23-25)20-17-15-13-11-9-7-5-6-8-10-12-14-16-19-21(4-2)24-27-26/h9-11,13-14,16-21,24,28-29,31-32H,5-8,12,15,22-23,25-27,34,39H2,1-4H3,(H,35,37);2*6,8-9,11-17,19-22,27H,3-5,7,10,18,25-26H2,1-2H3/b11-10-,14-13-,17-16-,19-18+,20-9-,24-21+;8-6-,11-9-,14-12-,15-13-,19-16+,20-17+;. The van der Waals surface area contributed by atoms with Gasteiger partial charge in [0.2, 0.25) is 5.91 Å². The highest BCUT2D eigenvalue weighted by Gasteiger charge is 2.25. The Morgan fingerprint density at radius 3 is 1.29 bits per heavy atom. The quantitative estimate of drug-likeness (QED) is 0.0266. The maximum absolute atomic E-state index is 12.8. The van der Waals surface area contributed by atoms with Gasteiger partial charge in [0.1, 0.15) is 0 Å². The SMILES string of the molecule is CC/C=C\CC(OP)C(/C=C/C=C/C=C\C/C=C\C/C=C\CCC)SCC(NC(=O)CCC(C)N)C(=O)CCC.CCCC(/C=C/C=C\C=C/CC/C=C\C/C=C\C=C\C(CC)OPP)OP.CCCC(C=CC=CC=CCCC=CCC=CC=CC(CC)OPP)OP. The fraction of sp³-hybridized carbons (Fsp3) is 0.506. The normalized spacial score (nSPS) is 15.9. The average molecular weight is 1440 g/mol. The molecular formula is C77H129N2O7P7S. The Morgan fingerprint density at radius 1 is 0.447 bits per heavy atom. The van der Waals surface area contributed by atoms with Crippen LogP contribution in [0.15, 0.2) is 219 Å². The van der Waals surface area contributed by atoms with Gasteiger partial charge in [0.05, 0.1) is 36.6 Å². The molecular weight excluding hydrogens is 1310 g/mol. The highest BCUT2D eigenvalue weighted by Crippen LogP contribution is 2.27. The van der Waals surface area contributed by atoms with Gasteiger partial charge in [-0.2, -0.15) is 0 Å². The number of amides is 1. The summed E-state index contributed by atoms with van der Waals surface area (Å²) in [4.78, 5) is 25.3. The second kappa shape index (κ2) is 79.6. The molecule has 0 aromatic heterocycles. The van der Waals surface area contributed by atoms with Gasteiger partial charge in [-0.3, -0.25) is 9.59 Å². The molecule has 0 heterocycles. The lowest BCUT2D eigenvalue weighted by Crippen LogP contribution is -2.43. The van der Waals surface area contributed by atoms with Crippen LogP contribution < -0.4 is 11.1 Å². The lowest BCUT2D eigenvalue weighted by molar-refractivity contribution is -0.127. The van der Waals surface area contributed by atoms with Crippen molar-refractivity contribution < 1.29 is 32.2 Å². The van der Waals surface area contributed by atoms with Crippen LogP contribution in [0.2, 0.25) is 0 Å². The number of carbonyl (C=O) groups excluding carboxylic acids is 2. The molecule has 0 aliphatic heterocycles. The van der Waals surface area contributed by atoms with E-state index < -0.39 is 6.04 Å². The lowest BCUT2D eigenvalue weighted by Gasteiger charge is -2.25. The summed E-state index contributed by atoms with van der Waals surface area (Å²) < 4.78 is 27.5. The largest absolute Gasteiger partial charge is 0.361 e. The van der Waals surface area contributed by atoms with Crippen molar-refractivity contribution in [2.45, 2.75) is 245 Å². The van der Waals surface area contributed by atoms with Gasteiger partial charge in [-0.1, -0.05) is 304 Å². The van der Waals surface area contributed by atoms with Gasteiger partial charge in [0.15, 0.2) is 5.78 Å². The van der Waals surface area contributed by atoms with Gasteiger partial charge < -0.3 is 33.7 Å². The summed E-state index contributed by atoms with van der Waals surface area (Å²) in [6.07, 6.45) is 97.7. The Morgan fingerprint density at radius 2 is 0.862 bits per heavy atom. The van der Waals surface area contributed by atoms with Crippen molar-refractivity contribution in [3.63, 3.8) is 0 Å². The first-order valence-corrected chi connectivity index (χ1v) is 42.2. The van der Waals surface area contributed by atoms with E-state index in [1.54, 1.807) is 11.8 Å². The minimum Gasteiger partial charge on any atom is -0.361 e. The van der Waals surface area contributed by atoms with Gasteiger partial charge >= 0.3 is 0 Å². The van der Waals surface area contributed by atoms with Crippen molar-refractivity contribution in [3.8, 4) is 0 Å². The minimum absolute atomic E-state index is 0.00854. The molecule has 0 spiro atoms. The Balaban J connectivity index is -0.00000136. The smallest absolute Gasteiger partial charge is 0.220 e. The van der Waals surface area contributed by atoms with Gasteiger partial charge in [-0.25, -0.2) is 0 Å². The van der Waals surface area contributed by atoms with E-state index in [-0.39, 0.29) is 53.5 Å². The molecule has 9 nitrogen and oxygen atoms in total. The fourth-order valence-corrected chi connectivity index (χ4v) is 11.9. The van der Waals surface area contributed by atoms with Gasteiger partial charge in [-0.15, -0.1) is 11.8 Å². The van der Waals surface area contributed by atoms with Crippen LogP contribution in [-0.2, 0) is 32.2 Å². The van der Waals surface area contributed by atoms with Gasteiger partial charge in [0.25, 0.3) is 0 Å². The average Bonchev–Trinajstić information content (AvgIpc) is 1.61. The Kier molecular flexibility index (Phi) is 81.1. The number of hydrogen-bond acceptors (Lipinski definition) is 9. The van der Waals surface area contributed by atoms with Crippen LogP contribution >= 0.6 is 75.0 Å².